The van der Waals surface area contributed by atoms with Crippen molar-refractivity contribution in [1.29, 1.82) is 0 Å². The van der Waals surface area contributed by atoms with Gasteiger partial charge in [-0.25, -0.2) is 0 Å². The first-order valence-electron chi connectivity index (χ1n) is 4.67. The van der Waals surface area contributed by atoms with Gasteiger partial charge in [-0.1, -0.05) is 42.5 Å². The minimum absolute atomic E-state index is 0.0706. The van der Waals surface area contributed by atoms with Gasteiger partial charge >= 0.3 is 0 Å². The van der Waals surface area contributed by atoms with Gasteiger partial charge in [0.2, 0.25) is 0 Å². The van der Waals surface area contributed by atoms with E-state index in [1.54, 1.807) is 0 Å². The molecule has 2 heteroatoms. The van der Waals surface area contributed by atoms with Crippen molar-refractivity contribution in [3.8, 4) is 0 Å². The van der Waals surface area contributed by atoms with Crippen molar-refractivity contribution in [1.82, 2.24) is 0 Å². The van der Waals surface area contributed by atoms with Crippen molar-refractivity contribution < 1.29 is 4.74 Å². The molecular formula is C12H13NO. The van der Waals surface area contributed by atoms with Gasteiger partial charge in [-0.2, -0.15) is 0 Å². The number of rotatable bonds is 3. The minimum Gasteiger partial charge on any atom is -0.491 e. The summed E-state index contributed by atoms with van der Waals surface area (Å²) in [4.78, 5) is 0. The number of hydrogen-bond acceptors (Lipinski definition) is 2. The van der Waals surface area contributed by atoms with E-state index in [0.717, 1.165) is 11.3 Å². The second kappa shape index (κ2) is 4.11. The van der Waals surface area contributed by atoms with Gasteiger partial charge < -0.3 is 10.5 Å². The van der Waals surface area contributed by atoms with Crippen LogP contribution in [-0.4, -0.2) is 6.04 Å². The molecule has 1 aromatic rings. The third kappa shape index (κ3) is 2.03. The zero-order valence-corrected chi connectivity index (χ0v) is 7.89. The van der Waals surface area contributed by atoms with Gasteiger partial charge in [0.25, 0.3) is 0 Å². The van der Waals surface area contributed by atoms with Gasteiger partial charge in [-0.15, -0.1) is 0 Å². The number of allylic oxidation sites excluding steroid dienone is 2. The van der Waals surface area contributed by atoms with Gasteiger partial charge in [-0.3, -0.25) is 0 Å². The largest absolute Gasteiger partial charge is 0.491 e. The highest BCUT2D eigenvalue weighted by Crippen LogP contribution is 2.13. The Morgan fingerprint density at radius 1 is 1.21 bits per heavy atom. The molecule has 1 aliphatic carbocycles. The van der Waals surface area contributed by atoms with Gasteiger partial charge in [0.05, 0.1) is 6.04 Å². The average molecular weight is 187 g/mol. The Hall–Kier alpha value is -1.54. The Balaban J connectivity index is 1.90. The van der Waals surface area contributed by atoms with Crippen LogP contribution in [0.4, 0.5) is 0 Å². The first-order chi connectivity index (χ1) is 6.86. The summed E-state index contributed by atoms with van der Waals surface area (Å²) in [6.45, 7) is 0.585. The lowest BCUT2D eigenvalue weighted by Gasteiger charge is -2.10. The molecule has 2 nitrogen and oxygen atoms in total. The summed E-state index contributed by atoms with van der Waals surface area (Å²) in [6, 6.07) is 9.99. The molecule has 14 heavy (non-hydrogen) atoms. The molecule has 0 radical (unpaired) electrons. The van der Waals surface area contributed by atoms with E-state index in [1.807, 2.05) is 48.6 Å². The molecule has 0 amide bonds. The summed E-state index contributed by atoms with van der Waals surface area (Å²) in [5.74, 6) is 0.842. The molecule has 0 fully saturated rings. The van der Waals surface area contributed by atoms with Crippen LogP contribution in [0.2, 0.25) is 0 Å². The minimum atomic E-state index is -0.0706. The van der Waals surface area contributed by atoms with Crippen LogP contribution in [0.5, 0.6) is 0 Å². The second-order valence-corrected chi connectivity index (χ2v) is 3.25. The fraction of sp³-hybridized carbons (Fsp3) is 0.167. The molecule has 0 saturated carbocycles. The molecule has 1 aliphatic rings. The van der Waals surface area contributed by atoms with Crippen molar-refractivity contribution in [2.45, 2.75) is 12.6 Å². The Kier molecular flexibility index (Phi) is 2.65. The molecule has 0 heterocycles. The van der Waals surface area contributed by atoms with Crippen LogP contribution in [-0.2, 0) is 11.3 Å². The maximum atomic E-state index is 5.76. The van der Waals surface area contributed by atoms with Gasteiger partial charge in [0.15, 0.2) is 0 Å². The molecule has 2 rings (SSSR count). The summed E-state index contributed by atoms with van der Waals surface area (Å²) >= 11 is 0. The highest BCUT2D eigenvalue weighted by Gasteiger charge is 2.10. The smallest absolute Gasteiger partial charge is 0.117 e. The van der Waals surface area contributed by atoms with Gasteiger partial charge in [0, 0.05) is 0 Å². The SMILES string of the molecule is NC1C=CC=C1OCc1ccccc1. The van der Waals surface area contributed by atoms with E-state index in [2.05, 4.69) is 0 Å². The fourth-order valence-electron chi connectivity index (χ4n) is 1.36. The van der Waals surface area contributed by atoms with Crippen LogP contribution in [0.3, 0.4) is 0 Å². The van der Waals surface area contributed by atoms with Crippen LogP contribution in [0.25, 0.3) is 0 Å². The van der Waals surface area contributed by atoms with Crippen molar-refractivity contribution in [2.24, 2.45) is 5.73 Å². The van der Waals surface area contributed by atoms with E-state index in [1.165, 1.54) is 0 Å². The van der Waals surface area contributed by atoms with E-state index in [0.29, 0.717) is 6.61 Å². The molecule has 0 spiro atoms. The topological polar surface area (TPSA) is 35.2 Å². The average Bonchev–Trinajstić information content (AvgIpc) is 2.63. The van der Waals surface area contributed by atoms with Crippen molar-refractivity contribution in [3.05, 3.63) is 59.9 Å². The van der Waals surface area contributed by atoms with Crippen LogP contribution in [0, 0.1) is 0 Å². The van der Waals surface area contributed by atoms with Crippen molar-refractivity contribution >= 4 is 0 Å². The molecule has 1 unspecified atom stereocenters. The van der Waals surface area contributed by atoms with E-state index < -0.39 is 0 Å². The first-order valence-corrected chi connectivity index (χ1v) is 4.67. The number of ether oxygens (including phenoxy) is 1. The Bertz CT molecular complexity index is 354. The Morgan fingerprint density at radius 3 is 2.64 bits per heavy atom. The van der Waals surface area contributed by atoms with Crippen LogP contribution in [0.1, 0.15) is 5.56 Å². The van der Waals surface area contributed by atoms with E-state index in [-0.39, 0.29) is 6.04 Å². The Morgan fingerprint density at radius 2 is 2.00 bits per heavy atom. The zero-order valence-electron chi connectivity index (χ0n) is 7.89. The number of nitrogens with two attached hydrogens (primary N) is 1. The summed E-state index contributed by atoms with van der Waals surface area (Å²) in [7, 11) is 0. The maximum absolute atomic E-state index is 5.76. The number of hydrogen-bond donors (Lipinski definition) is 1. The van der Waals surface area contributed by atoms with E-state index in [9.17, 15) is 0 Å². The third-order valence-electron chi connectivity index (χ3n) is 2.16. The lowest BCUT2D eigenvalue weighted by Crippen LogP contribution is -2.19. The molecule has 1 aromatic carbocycles. The van der Waals surface area contributed by atoms with Crippen LogP contribution in [0.15, 0.2) is 54.3 Å². The highest BCUT2D eigenvalue weighted by atomic mass is 16.5. The molecular weight excluding hydrogens is 174 g/mol. The molecule has 72 valence electrons. The predicted molar refractivity (Wildman–Crippen MR) is 56.4 cm³/mol. The summed E-state index contributed by atoms with van der Waals surface area (Å²) in [5, 5.41) is 0. The van der Waals surface area contributed by atoms with E-state index >= 15 is 0 Å². The molecule has 0 saturated heterocycles. The first kappa shape index (κ1) is 9.03. The molecule has 1 atom stereocenters. The lowest BCUT2D eigenvalue weighted by atomic mass is 10.2. The normalized spacial score (nSPS) is 19.5. The summed E-state index contributed by atoms with van der Waals surface area (Å²) in [5.41, 5.74) is 6.92. The van der Waals surface area contributed by atoms with Crippen molar-refractivity contribution in [2.75, 3.05) is 0 Å². The van der Waals surface area contributed by atoms with E-state index in [4.69, 9.17) is 10.5 Å². The molecule has 0 aliphatic heterocycles. The second-order valence-electron chi connectivity index (χ2n) is 3.25. The fourth-order valence-corrected chi connectivity index (χ4v) is 1.36. The molecule has 2 N–H and O–H groups in total. The Labute approximate surface area is 83.7 Å². The van der Waals surface area contributed by atoms with Gasteiger partial charge in [-0.05, 0) is 11.6 Å². The third-order valence-corrected chi connectivity index (χ3v) is 2.16. The standard InChI is InChI=1S/C12H13NO/c13-11-7-4-8-12(11)14-9-10-5-2-1-3-6-10/h1-8,11H,9,13H2. The maximum Gasteiger partial charge on any atom is 0.117 e. The highest BCUT2D eigenvalue weighted by molar-refractivity contribution is 5.26. The monoisotopic (exact) mass is 187 g/mol. The molecule has 0 aromatic heterocycles. The quantitative estimate of drug-likeness (QED) is 0.785. The van der Waals surface area contributed by atoms with Crippen LogP contribution < -0.4 is 5.73 Å². The molecule has 0 bridgehead atoms. The summed E-state index contributed by atoms with van der Waals surface area (Å²) in [6.07, 6.45) is 5.75. The summed E-state index contributed by atoms with van der Waals surface area (Å²) < 4.78 is 5.57. The lowest BCUT2D eigenvalue weighted by molar-refractivity contribution is 0.189. The van der Waals surface area contributed by atoms with Crippen LogP contribution >= 0.6 is 0 Å². The van der Waals surface area contributed by atoms with Gasteiger partial charge in [0.1, 0.15) is 12.4 Å². The zero-order chi connectivity index (χ0) is 9.80. The predicted octanol–water partition coefficient (Wildman–Crippen LogP) is 1.98. The number of benzene rings is 1. The van der Waals surface area contributed by atoms with Crippen molar-refractivity contribution in [3.63, 3.8) is 0 Å².